The minimum atomic E-state index is -4.41. The van der Waals surface area contributed by atoms with Crippen LogP contribution in [0.2, 0.25) is 5.02 Å². The number of benzene rings is 3. The van der Waals surface area contributed by atoms with Gasteiger partial charge in [0.2, 0.25) is 5.91 Å². The van der Waals surface area contributed by atoms with E-state index in [1.54, 1.807) is 36.4 Å². The second kappa shape index (κ2) is 10.5. The van der Waals surface area contributed by atoms with E-state index in [9.17, 15) is 27.9 Å². The van der Waals surface area contributed by atoms with Crippen LogP contribution in [-0.4, -0.2) is 29.6 Å². The molecule has 3 N–H and O–H groups in total. The molecule has 0 aliphatic heterocycles. The maximum absolute atomic E-state index is 12.7. The van der Waals surface area contributed by atoms with Crippen molar-refractivity contribution >= 4 is 23.4 Å². The van der Waals surface area contributed by atoms with Crippen LogP contribution in [0.5, 0.6) is 0 Å². The van der Waals surface area contributed by atoms with E-state index in [0.29, 0.717) is 16.1 Å². The Bertz CT molecular complexity index is 1100. The molecule has 172 valence electrons. The molecule has 0 aliphatic rings. The van der Waals surface area contributed by atoms with Crippen LogP contribution in [0.3, 0.4) is 0 Å². The van der Waals surface area contributed by atoms with Gasteiger partial charge in [-0.3, -0.25) is 9.59 Å². The molecule has 0 bridgehead atoms. The van der Waals surface area contributed by atoms with Crippen LogP contribution >= 0.6 is 11.6 Å². The number of aliphatic hydroxyl groups is 1. The monoisotopic (exact) mass is 476 g/mol. The molecule has 0 spiro atoms. The highest BCUT2D eigenvalue weighted by atomic mass is 35.5. The number of halogens is 4. The number of rotatable bonds is 7. The molecule has 0 aliphatic carbocycles. The van der Waals surface area contributed by atoms with Crippen LogP contribution in [0.15, 0.2) is 72.8 Å². The van der Waals surface area contributed by atoms with Crippen molar-refractivity contribution in [2.75, 3.05) is 6.61 Å². The van der Waals surface area contributed by atoms with E-state index in [-0.39, 0.29) is 12.1 Å². The summed E-state index contributed by atoms with van der Waals surface area (Å²) in [4.78, 5) is 24.8. The van der Waals surface area contributed by atoms with Gasteiger partial charge in [0.25, 0.3) is 5.91 Å². The molecule has 0 unspecified atom stereocenters. The number of alkyl halides is 3. The first-order chi connectivity index (χ1) is 15.7. The maximum atomic E-state index is 12.7. The lowest BCUT2D eigenvalue weighted by Gasteiger charge is -2.16. The molecular formula is C24H20ClF3N2O3. The predicted molar refractivity (Wildman–Crippen MR) is 119 cm³/mol. The Morgan fingerprint density at radius 1 is 0.879 bits per heavy atom. The van der Waals surface area contributed by atoms with Crippen molar-refractivity contribution in [3.63, 3.8) is 0 Å². The normalized spacial score (nSPS) is 12.2. The number of hydrogen-bond donors (Lipinski definition) is 3. The summed E-state index contributed by atoms with van der Waals surface area (Å²) in [6, 6.07) is 16.5. The van der Waals surface area contributed by atoms with Gasteiger partial charge in [-0.15, -0.1) is 0 Å². The summed E-state index contributed by atoms with van der Waals surface area (Å²) in [5.41, 5.74) is 1.47. The molecule has 1 atom stereocenters. The average molecular weight is 477 g/mol. The van der Waals surface area contributed by atoms with Gasteiger partial charge in [-0.25, -0.2) is 0 Å². The highest BCUT2D eigenvalue weighted by Gasteiger charge is 2.30. The van der Waals surface area contributed by atoms with Gasteiger partial charge in [0.15, 0.2) is 0 Å². The van der Waals surface area contributed by atoms with Crippen LogP contribution in [0, 0.1) is 0 Å². The molecule has 0 saturated carbocycles. The fourth-order valence-electron chi connectivity index (χ4n) is 3.02. The largest absolute Gasteiger partial charge is 0.416 e. The lowest BCUT2D eigenvalue weighted by Crippen LogP contribution is -2.48. The molecule has 0 saturated heterocycles. The third kappa shape index (κ3) is 6.57. The Hall–Kier alpha value is -3.36. The third-order valence-corrected chi connectivity index (χ3v) is 5.13. The van der Waals surface area contributed by atoms with E-state index in [1.165, 1.54) is 24.3 Å². The summed E-state index contributed by atoms with van der Waals surface area (Å²) < 4.78 is 38.1. The number of carbonyl (C=O) groups is 2. The lowest BCUT2D eigenvalue weighted by molar-refractivity contribution is -0.137. The molecular weight excluding hydrogens is 457 g/mol. The molecule has 0 fully saturated rings. The Morgan fingerprint density at radius 3 is 1.94 bits per heavy atom. The predicted octanol–water partition coefficient (Wildman–Crippen LogP) is 4.43. The number of aliphatic hydroxyl groups excluding tert-OH is 1. The van der Waals surface area contributed by atoms with E-state index in [0.717, 1.165) is 17.7 Å². The fraction of sp³-hybridized carbons (Fsp3) is 0.167. The zero-order valence-electron chi connectivity index (χ0n) is 17.2. The summed E-state index contributed by atoms with van der Waals surface area (Å²) in [7, 11) is 0. The van der Waals surface area contributed by atoms with Crippen molar-refractivity contribution in [3.8, 4) is 11.1 Å². The molecule has 5 nitrogen and oxygen atoms in total. The third-order valence-electron chi connectivity index (χ3n) is 4.88. The summed E-state index contributed by atoms with van der Waals surface area (Å²) in [6.45, 7) is -0.397. The van der Waals surface area contributed by atoms with Gasteiger partial charge >= 0.3 is 6.18 Å². The fourth-order valence-corrected chi connectivity index (χ4v) is 3.14. The summed E-state index contributed by atoms with van der Waals surface area (Å²) in [6.07, 6.45) is -4.41. The van der Waals surface area contributed by atoms with Gasteiger partial charge in [-0.1, -0.05) is 48.0 Å². The molecule has 0 radical (unpaired) electrons. The Balaban J connectivity index is 1.60. The van der Waals surface area contributed by atoms with Crippen molar-refractivity contribution in [2.24, 2.45) is 0 Å². The van der Waals surface area contributed by atoms with Crippen molar-refractivity contribution in [1.82, 2.24) is 10.6 Å². The van der Waals surface area contributed by atoms with Crippen LogP contribution in [0.25, 0.3) is 11.1 Å². The van der Waals surface area contributed by atoms with E-state index in [2.05, 4.69) is 10.6 Å². The second-order valence-corrected chi connectivity index (χ2v) is 7.64. The summed E-state index contributed by atoms with van der Waals surface area (Å²) >= 11 is 5.82. The molecule has 0 aromatic heterocycles. The topological polar surface area (TPSA) is 78.4 Å². The summed E-state index contributed by atoms with van der Waals surface area (Å²) in [5.74, 6) is -1.13. The average Bonchev–Trinajstić information content (AvgIpc) is 2.81. The zero-order valence-corrected chi connectivity index (χ0v) is 18.0. The van der Waals surface area contributed by atoms with E-state index < -0.39 is 36.2 Å². The van der Waals surface area contributed by atoms with Gasteiger partial charge < -0.3 is 15.7 Å². The molecule has 9 heteroatoms. The molecule has 33 heavy (non-hydrogen) atoms. The van der Waals surface area contributed by atoms with Crippen molar-refractivity contribution in [1.29, 1.82) is 0 Å². The quantitative estimate of drug-likeness (QED) is 0.472. The number of nitrogens with one attached hydrogen (secondary N) is 2. The van der Waals surface area contributed by atoms with Gasteiger partial charge in [0.1, 0.15) is 6.04 Å². The molecule has 2 amide bonds. The first-order valence-corrected chi connectivity index (χ1v) is 10.3. The highest BCUT2D eigenvalue weighted by molar-refractivity contribution is 6.30. The standard InChI is InChI=1S/C24H20ClF3N2O3/c25-20-11-1-15(2-12-20)13-29-23(33)21(14-31)30-22(32)18-5-3-16(4-6-18)17-7-9-19(10-8-17)24(26,27)28/h1-12,21,31H,13-14H2,(H,29,33)(H,30,32)/t21-/m0/s1. The Labute approximate surface area is 193 Å². The van der Waals surface area contributed by atoms with E-state index >= 15 is 0 Å². The van der Waals surface area contributed by atoms with Crippen molar-refractivity contribution in [2.45, 2.75) is 18.8 Å². The van der Waals surface area contributed by atoms with Crippen LogP contribution < -0.4 is 10.6 Å². The van der Waals surface area contributed by atoms with E-state index in [4.69, 9.17) is 11.6 Å². The van der Waals surface area contributed by atoms with Gasteiger partial charge in [-0.2, -0.15) is 13.2 Å². The summed E-state index contributed by atoms with van der Waals surface area (Å²) in [5, 5.41) is 15.2. The first-order valence-electron chi connectivity index (χ1n) is 9.89. The van der Waals surface area contributed by atoms with Gasteiger partial charge in [0.05, 0.1) is 12.2 Å². The maximum Gasteiger partial charge on any atom is 0.416 e. The minimum absolute atomic E-state index is 0.199. The van der Waals surface area contributed by atoms with E-state index in [1.807, 2.05) is 0 Å². The highest BCUT2D eigenvalue weighted by Crippen LogP contribution is 2.31. The van der Waals surface area contributed by atoms with Crippen LogP contribution in [0.4, 0.5) is 13.2 Å². The van der Waals surface area contributed by atoms with Crippen molar-refractivity contribution < 1.29 is 27.9 Å². The SMILES string of the molecule is O=C(N[C@@H](CO)C(=O)NCc1ccc(Cl)cc1)c1ccc(-c2ccc(C(F)(F)F)cc2)cc1. The number of carbonyl (C=O) groups excluding carboxylic acids is 2. The van der Waals surface area contributed by atoms with Crippen LogP contribution in [0.1, 0.15) is 21.5 Å². The lowest BCUT2D eigenvalue weighted by atomic mass is 10.0. The number of hydrogen-bond acceptors (Lipinski definition) is 3. The number of amides is 2. The Morgan fingerprint density at radius 2 is 1.42 bits per heavy atom. The van der Waals surface area contributed by atoms with Gasteiger partial charge in [-0.05, 0) is 53.1 Å². The molecule has 0 heterocycles. The van der Waals surface area contributed by atoms with Crippen molar-refractivity contribution in [3.05, 3.63) is 94.5 Å². The Kier molecular flexibility index (Phi) is 7.73. The first kappa shape index (κ1) is 24.3. The van der Waals surface area contributed by atoms with Crippen LogP contribution in [-0.2, 0) is 17.5 Å². The molecule has 3 aromatic rings. The molecule has 3 aromatic carbocycles. The zero-order chi connectivity index (χ0) is 24.0. The second-order valence-electron chi connectivity index (χ2n) is 7.21. The smallest absolute Gasteiger partial charge is 0.394 e. The molecule has 3 rings (SSSR count). The van der Waals surface area contributed by atoms with Gasteiger partial charge in [0, 0.05) is 17.1 Å². The minimum Gasteiger partial charge on any atom is -0.394 e.